The lowest BCUT2D eigenvalue weighted by Crippen LogP contribution is -2.42. The lowest BCUT2D eigenvalue weighted by molar-refractivity contribution is -0.119. The van der Waals surface area contributed by atoms with Gasteiger partial charge in [0.05, 0.1) is 3.79 Å². The van der Waals surface area contributed by atoms with E-state index in [1.807, 2.05) is 32.0 Å². The molecule has 1 aromatic heterocycles. The molecule has 1 N–H and O–H groups in total. The van der Waals surface area contributed by atoms with E-state index >= 15 is 0 Å². The van der Waals surface area contributed by atoms with Gasteiger partial charge in [0.1, 0.15) is 10.3 Å². The van der Waals surface area contributed by atoms with Crippen molar-refractivity contribution in [3.63, 3.8) is 0 Å². The third-order valence-electron chi connectivity index (χ3n) is 4.48. The summed E-state index contributed by atoms with van der Waals surface area (Å²) in [6, 6.07) is 8.30. The van der Waals surface area contributed by atoms with Crippen molar-refractivity contribution < 1.29 is 13.2 Å². The fourth-order valence-electron chi connectivity index (χ4n) is 2.94. The average molecular weight is 443 g/mol. The van der Waals surface area contributed by atoms with Gasteiger partial charge in [0.2, 0.25) is 5.91 Å². The van der Waals surface area contributed by atoms with E-state index in [2.05, 4.69) is 21.2 Å². The van der Waals surface area contributed by atoms with Crippen molar-refractivity contribution in [1.82, 2.24) is 4.31 Å². The summed E-state index contributed by atoms with van der Waals surface area (Å²) in [6.45, 7) is 4.28. The minimum atomic E-state index is -3.66. The van der Waals surface area contributed by atoms with E-state index in [0.717, 1.165) is 31.9 Å². The molecule has 0 spiro atoms. The van der Waals surface area contributed by atoms with Crippen LogP contribution in [0.2, 0.25) is 0 Å². The smallest absolute Gasteiger partial charge is 0.253 e. The van der Waals surface area contributed by atoms with E-state index in [4.69, 9.17) is 0 Å². The molecule has 1 atom stereocenters. The van der Waals surface area contributed by atoms with Crippen molar-refractivity contribution in [1.29, 1.82) is 0 Å². The Balaban J connectivity index is 1.84. The van der Waals surface area contributed by atoms with Crippen LogP contribution in [-0.4, -0.2) is 31.2 Å². The molecule has 0 radical (unpaired) electrons. The zero-order valence-electron chi connectivity index (χ0n) is 14.0. The number of amides is 1. The van der Waals surface area contributed by atoms with Crippen molar-refractivity contribution in [3.05, 3.63) is 45.2 Å². The highest BCUT2D eigenvalue weighted by molar-refractivity contribution is 9.11. The molecule has 5 nitrogen and oxygen atoms in total. The standard InChI is InChI=1S/C17H19BrN2O3S2/c1-11-5-3-6-13(12(11)2)19-17(21)14-7-4-10-20(14)25(22,23)16-9-8-15(18)24-16/h3,5-6,8-9,14H,4,7,10H2,1-2H3,(H,19,21). The summed E-state index contributed by atoms with van der Waals surface area (Å²) in [5.74, 6) is -0.273. The molecule has 3 rings (SSSR count). The van der Waals surface area contributed by atoms with Gasteiger partial charge < -0.3 is 5.32 Å². The molecule has 1 saturated heterocycles. The van der Waals surface area contributed by atoms with E-state index < -0.39 is 16.1 Å². The summed E-state index contributed by atoms with van der Waals surface area (Å²) in [5.41, 5.74) is 2.80. The number of sulfonamides is 1. The largest absolute Gasteiger partial charge is 0.324 e. The number of aryl methyl sites for hydroxylation is 1. The van der Waals surface area contributed by atoms with Gasteiger partial charge in [-0.25, -0.2) is 8.42 Å². The summed E-state index contributed by atoms with van der Waals surface area (Å²) < 4.78 is 28.1. The van der Waals surface area contributed by atoms with E-state index in [9.17, 15) is 13.2 Å². The Kier molecular flexibility index (Phi) is 5.34. The van der Waals surface area contributed by atoms with Gasteiger partial charge in [0, 0.05) is 12.2 Å². The molecule has 1 aliphatic rings. The zero-order valence-corrected chi connectivity index (χ0v) is 17.2. The van der Waals surface area contributed by atoms with Crippen molar-refractivity contribution >= 4 is 48.9 Å². The van der Waals surface area contributed by atoms with Crippen LogP contribution >= 0.6 is 27.3 Å². The number of nitrogens with zero attached hydrogens (tertiary/aromatic N) is 1. The molecule has 0 bridgehead atoms. The molecule has 0 saturated carbocycles. The van der Waals surface area contributed by atoms with Gasteiger partial charge in [-0.3, -0.25) is 4.79 Å². The lowest BCUT2D eigenvalue weighted by atomic mass is 10.1. The summed E-state index contributed by atoms with van der Waals surface area (Å²) in [7, 11) is -3.66. The Hall–Kier alpha value is -1.22. The number of carbonyl (C=O) groups excluding carboxylic acids is 1. The first-order valence-electron chi connectivity index (χ1n) is 7.95. The highest BCUT2D eigenvalue weighted by atomic mass is 79.9. The summed E-state index contributed by atoms with van der Waals surface area (Å²) >= 11 is 4.45. The van der Waals surface area contributed by atoms with E-state index in [1.54, 1.807) is 12.1 Å². The third kappa shape index (κ3) is 3.67. The normalized spacial score (nSPS) is 18.4. The fraction of sp³-hybridized carbons (Fsp3) is 0.353. The second-order valence-electron chi connectivity index (χ2n) is 6.07. The Morgan fingerprint density at radius 2 is 2.04 bits per heavy atom. The molecule has 8 heteroatoms. The predicted molar refractivity (Wildman–Crippen MR) is 103 cm³/mol. The van der Waals surface area contributed by atoms with Crippen molar-refractivity contribution in [2.45, 2.75) is 36.9 Å². The monoisotopic (exact) mass is 442 g/mol. The first-order valence-corrected chi connectivity index (χ1v) is 11.0. The Labute approximate surface area is 160 Å². The molecule has 1 aliphatic heterocycles. The highest BCUT2D eigenvalue weighted by Gasteiger charge is 2.40. The molecule has 1 amide bonds. The molecule has 1 fully saturated rings. The number of rotatable bonds is 4. The molecular formula is C17H19BrN2O3S2. The summed E-state index contributed by atoms with van der Waals surface area (Å²) in [5, 5.41) is 2.90. The molecule has 1 unspecified atom stereocenters. The molecule has 2 heterocycles. The molecule has 2 aromatic rings. The quantitative estimate of drug-likeness (QED) is 0.779. The maximum Gasteiger partial charge on any atom is 0.253 e. The van der Waals surface area contributed by atoms with E-state index in [0.29, 0.717) is 19.4 Å². The van der Waals surface area contributed by atoms with Gasteiger partial charge in [-0.05, 0) is 71.9 Å². The van der Waals surface area contributed by atoms with Crippen molar-refractivity contribution in [2.24, 2.45) is 0 Å². The van der Waals surface area contributed by atoms with Gasteiger partial charge in [0.25, 0.3) is 10.0 Å². The number of hydrogen-bond acceptors (Lipinski definition) is 4. The lowest BCUT2D eigenvalue weighted by Gasteiger charge is -2.23. The number of thiophene rings is 1. The molecule has 1 aromatic carbocycles. The third-order valence-corrected chi connectivity index (χ3v) is 8.48. The maximum absolute atomic E-state index is 12.9. The molecule has 0 aliphatic carbocycles. The second-order valence-corrected chi connectivity index (χ2v) is 10.6. The van der Waals surface area contributed by atoms with Crippen LogP contribution in [-0.2, 0) is 14.8 Å². The maximum atomic E-state index is 12.9. The van der Waals surface area contributed by atoms with Crippen LogP contribution in [0.1, 0.15) is 24.0 Å². The van der Waals surface area contributed by atoms with Crippen LogP contribution in [0.25, 0.3) is 0 Å². The van der Waals surface area contributed by atoms with Gasteiger partial charge in [-0.1, -0.05) is 12.1 Å². The Bertz CT molecular complexity index is 908. The molecule has 25 heavy (non-hydrogen) atoms. The first kappa shape index (κ1) is 18.6. The first-order chi connectivity index (χ1) is 11.8. The number of anilines is 1. The number of nitrogens with one attached hydrogen (secondary N) is 1. The average Bonchev–Trinajstić information content (AvgIpc) is 3.21. The van der Waals surface area contributed by atoms with E-state index in [1.165, 1.54) is 4.31 Å². The summed E-state index contributed by atoms with van der Waals surface area (Å²) in [6.07, 6.45) is 1.21. The minimum Gasteiger partial charge on any atom is -0.324 e. The van der Waals surface area contributed by atoms with Crippen LogP contribution in [0.5, 0.6) is 0 Å². The van der Waals surface area contributed by atoms with Crippen molar-refractivity contribution in [2.75, 3.05) is 11.9 Å². The Morgan fingerprint density at radius 3 is 2.72 bits per heavy atom. The van der Waals surface area contributed by atoms with Gasteiger partial charge in [-0.2, -0.15) is 4.31 Å². The minimum absolute atomic E-state index is 0.255. The molecular weight excluding hydrogens is 424 g/mol. The Morgan fingerprint density at radius 1 is 1.28 bits per heavy atom. The fourth-order valence-corrected chi connectivity index (χ4v) is 6.74. The van der Waals surface area contributed by atoms with Gasteiger partial charge in [-0.15, -0.1) is 11.3 Å². The SMILES string of the molecule is Cc1cccc(NC(=O)C2CCCN2S(=O)(=O)c2ccc(Br)s2)c1C. The van der Waals surface area contributed by atoms with Gasteiger partial charge >= 0.3 is 0 Å². The summed E-state index contributed by atoms with van der Waals surface area (Å²) in [4.78, 5) is 12.7. The van der Waals surface area contributed by atoms with Crippen LogP contribution < -0.4 is 5.32 Å². The van der Waals surface area contributed by atoms with Crippen LogP contribution in [0.3, 0.4) is 0 Å². The van der Waals surface area contributed by atoms with Crippen LogP contribution in [0.4, 0.5) is 5.69 Å². The second kappa shape index (κ2) is 7.19. The highest BCUT2D eigenvalue weighted by Crippen LogP contribution is 2.33. The predicted octanol–water partition coefficient (Wildman–Crippen LogP) is 3.92. The van der Waals surface area contributed by atoms with Gasteiger partial charge in [0.15, 0.2) is 0 Å². The number of benzene rings is 1. The van der Waals surface area contributed by atoms with Crippen LogP contribution in [0, 0.1) is 13.8 Å². The van der Waals surface area contributed by atoms with Crippen LogP contribution in [0.15, 0.2) is 38.3 Å². The number of carbonyl (C=O) groups is 1. The topological polar surface area (TPSA) is 66.5 Å². The van der Waals surface area contributed by atoms with Crippen molar-refractivity contribution in [3.8, 4) is 0 Å². The molecule has 134 valence electrons. The van der Waals surface area contributed by atoms with E-state index in [-0.39, 0.29) is 10.1 Å². The zero-order chi connectivity index (χ0) is 18.2. The number of halogens is 1. The number of hydrogen-bond donors (Lipinski definition) is 1.